The highest BCUT2D eigenvalue weighted by Crippen LogP contribution is 2.13. The Morgan fingerprint density at radius 1 is 1.12 bits per heavy atom. The van der Waals surface area contributed by atoms with Gasteiger partial charge in [-0.05, 0) is 24.3 Å². The lowest BCUT2D eigenvalue weighted by atomic mass is 10.4. The molecule has 0 fully saturated rings. The molecule has 0 atom stereocenters. The molecule has 0 radical (unpaired) electrons. The van der Waals surface area contributed by atoms with E-state index in [0.717, 1.165) is 5.52 Å². The molecular formula is C12H7N5. The highest BCUT2D eigenvalue weighted by atomic mass is 15.1. The summed E-state index contributed by atoms with van der Waals surface area (Å²) in [6.07, 6.45) is 5.02. The van der Waals surface area contributed by atoms with Gasteiger partial charge in [-0.3, -0.25) is 9.55 Å². The molecule has 3 rings (SSSR count). The number of pyridine rings is 1. The average Bonchev–Trinajstić information content (AvgIpc) is 2.86. The molecule has 0 N–H and O–H groups in total. The van der Waals surface area contributed by atoms with E-state index in [-0.39, 0.29) is 0 Å². The van der Waals surface area contributed by atoms with Crippen LogP contribution in [0.3, 0.4) is 0 Å². The van der Waals surface area contributed by atoms with Crippen LogP contribution in [-0.2, 0) is 0 Å². The topological polar surface area (TPSA) is 67.4 Å². The van der Waals surface area contributed by atoms with Crippen LogP contribution in [0.25, 0.3) is 17.0 Å². The zero-order valence-electron chi connectivity index (χ0n) is 8.78. The maximum absolute atomic E-state index is 8.96. The van der Waals surface area contributed by atoms with Gasteiger partial charge in [-0.2, -0.15) is 5.26 Å². The van der Waals surface area contributed by atoms with Crippen LogP contribution in [0.2, 0.25) is 0 Å². The molecule has 5 nitrogen and oxygen atoms in total. The summed E-state index contributed by atoms with van der Waals surface area (Å²) >= 11 is 0. The monoisotopic (exact) mass is 221 g/mol. The average molecular weight is 221 g/mol. The SMILES string of the molecule is N#Cc1cccn1-c1ccc2nccnc2n1. The van der Waals surface area contributed by atoms with Crippen LogP contribution in [0.5, 0.6) is 0 Å². The minimum atomic E-state index is 0.542. The summed E-state index contributed by atoms with van der Waals surface area (Å²) in [6.45, 7) is 0. The van der Waals surface area contributed by atoms with Crippen molar-refractivity contribution >= 4 is 11.2 Å². The van der Waals surface area contributed by atoms with Gasteiger partial charge in [0.2, 0.25) is 0 Å². The molecule has 5 heteroatoms. The molecule has 0 amide bonds. The number of aromatic nitrogens is 4. The Kier molecular flexibility index (Phi) is 2.06. The Morgan fingerprint density at radius 2 is 2.00 bits per heavy atom. The predicted octanol–water partition coefficient (Wildman–Crippen LogP) is 1.69. The first kappa shape index (κ1) is 9.48. The van der Waals surface area contributed by atoms with Gasteiger partial charge in [-0.15, -0.1) is 0 Å². The quantitative estimate of drug-likeness (QED) is 0.627. The Labute approximate surface area is 97.0 Å². The summed E-state index contributed by atoms with van der Waals surface area (Å²) in [5, 5.41) is 8.96. The fourth-order valence-corrected chi connectivity index (χ4v) is 1.65. The molecule has 0 spiro atoms. The van der Waals surface area contributed by atoms with Gasteiger partial charge < -0.3 is 0 Å². The van der Waals surface area contributed by atoms with Crippen molar-refractivity contribution in [2.75, 3.05) is 0 Å². The number of hydrogen-bond donors (Lipinski definition) is 0. The number of hydrogen-bond acceptors (Lipinski definition) is 4. The van der Waals surface area contributed by atoms with Gasteiger partial charge in [-0.1, -0.05) is 0 Å². The van der Waals surface area contributed by atoms with Gasteiger partial charge in [0.1, 0.15) is 23.1 Å². The van der Waals surface area contributed by atoms with Crippen molar-refractivity contribution < 1.29 is 0 Å². The maximum atomic E-state index is 8.96. The number of nitriles is 1. The fourth-order valence-electron chi connectivity index (χ4n) is 1.65. The van der Waals surface area contributed by atoms with Crippen molar-refractivity contribution in [3.8, 4) is 11.9 Å². The van der Waals surface area contributed by atoms with Crippen LogP contribution in [-0.4, -0.2) is 19.5 Å². The first-order chi connectivity index (χ1) is 8.38. The van der Waals surface area contributed by atoms with Gasteiger partial charge >= 0.3 is 0 Å². The van der Waals surface area contributed by atoms with E-state index < -0.39 is 0 Å². The number of rotatable bonds is 1. The van der Waals surface area contributed by atoms with Crippen molar-refractivity contribution in [2.24, 2.45) is 0 Å². The van der Waals surface area contributed by atoms with E-state index in [9.17, 15) is 0 Å². The molecule has 0 aromatic carbocycles. The highest BCUT2D eigenvalue weighted by molar-refractivity contribution is 5.70. The summed E-state index contributed by atoms with van der Waals surface area (Å²) in [7, 11) is 0. The maximum Gasteiger partial charge on any atom is 0.180 e. The summed E-state index contributed by atoms with van der Waals surface area (Å²) < 4.78 is 1.72. The lowest BCUT2D eigenvalue weighted by Gasteiger charge is -2.03. The molecule has 0 aliphatic rings. The normalized spacial score (nSPS) is 10.3. The van der Waals surface area contributed by atoms with E-state index >= 15 is 0 Å². The first-order valence-corrected chi connectivity index (χ1v) is 5.04. The van der Waals surface area contributed by atoms with Gasteiger partial charge in [0.15, 0.2) is 5.65 Å². The second-order valence-corrected chi connectivity index (χ2v) is 3.44. The summed E-state index contributed by atoms with van der Waals surface area (Å²) in [6, 6.07) is 9.31. The molecule has 3 aromatic heterocycles. The second-order valence-electron chi connectivity index (χ2n) is 3.44. The first-order valence-electron chi connectivity index (χ1n) is 5.04. The Morgan fingerprint density at radius 3 is 2.88 bits per heavy atom. The molecule has 0 aliphatic carbocycles. The number of nitrogens with zero attached hydrogens (tertiary/aromatic N) is 5. The van der Waals surface area contributed by atoms with Crippen molar-refractivity contribution in [3.63, 3.8) is 0 Å². The van der Waals surface area contributed by atoms with E-state index in [0.29, 0.717) is 17.2 Å². The Balaban J connectivity index is 2.22. The Hall–Kier alpha value is -2.74. The van der Waals surface area contributed by atoms with E-state index in [1.165, 1.54) is 0 Å². The van der Waals surface area contributed by atoms with E-state index in [4.69, 9.17) is 5.26 Å². The highest BCUT2D eigenvalue weighted by Gasteiger charge is 2.05. The van der Waals surface area contributed by atoms with Crippen LogP contribution >= 0.6 is 0 Å². The Bertz CT molecular complexity index is 723. The van der Waals surface area contributed by atoms with E-state index in [1.807, 2.05) is 12.1 Å². The minimum Gasteiger partial charge on any atom is -0.292 e. The third-order valence-corrected chi connectivity index (χ3v) is 2.43. The number of fused-ring (bicyclic) bond motifs is 1. The molecule has 0 saturated heterocycles. The second kappa shape index (κ2) is 3.68. The van der Waals surface area contributed by atoms with E-state index in [1.54, 1.807) is 35.3 Å². The molecule has 3 aromatic rings. The third kappa shape index (κ3) is 1.52. The van der Waals surface area contributed by atoms with Crippen molar-refractivity contribution in [2.45, 2.75) is 0 Å². The summed E-state index contributed by atoms with van der Waals surface area (Å²) in [5.74, 6) is 0.666. The van der Waals surface area contributed by atoms with Crippen LogP contribution in [0.1, 0.15) is 5.69 Å². The largest absolute Gasteiger partial charge is 0.292 e. The molecule has 0 aliphatic heterocycles. The molecule has 0 saturated carbocycles. The van der Waals surface area contributed by atoms with Gasteiger partial charge in [-0.25, -0.2) is 9.97 Å². The molecule has 17 heavy (non-hydrogen) atoms. The lowest BCUT2D eigenvalue weighted by molar-refractivity contribution is 0.993. The fraction of sp³-hybridized carbons (Fsp3) is 0. The molecule has 80 valence electrons. The van der Waals surface area contributed by atoms with Crippen LogP contribution in [0, 0.1) is 11.3 Å². The van der Waals surface area contributed by atoms with Gasteiger partial charge in [0.25, 0.3) is 0 Å². The van der Waals surface area contributed by atoms with Crippen LogP contribution in [0.4, 0.5) is 0 Å². The van der Waals surface area contributed by atoms with E-state index in [2.05, 4.69) is 21.0 Å². The predicted molar refractivity (Wildman–Crippen MR) is 61.4 cm³/mol. The van der Waals surface area contributed by atoms with Crippen molar-refractivity contribution in [3.05, 3.63) is 48.5 Å². The van der Waals surface area contributed by atoms with Crippen molar-refractivity contribution in [1.29, 1.82) is 5.26 Å². The van der Waals surface area contributed by atoms with Gasteiger partial charge in [0, 0.05) is 18.6 Å². The van der Waals surface area contributed by atoms with Crippen molar-refractivity contribution in [1.82, 2.24) is 19.5 Å². The molecular weight excluding hydrogens is 214 g/mol. The molecule has 0 bridgehead atoms. The smallest absolute Gasteiger partial charge is 0.180 e. The summed E-state index contributed by atoms with van der Waals surface area (Å²) in [4.78, 5) is 12.6. The third-order valence-electron chi connectivity index (χ3n) is 2.43. The van der Waals surface area contributed by atoms with Crippen LogP contribution in [0.15, 0.2) is 42.9 Å². The van der Waals surface area contributed by atoms with Gasteiger partial charge in [0.05, 0.1) is 0 Å². The zero-order chi connectivity index (χ0) is 11.7. The standard InChI is InChI=1S/C12H7N5/c13-8-9-2-1-7-17(9)11-4-3-10-12(16-11)15-6-5-14-10/h1-7H. The lowest BCUT2D eigenvalue weighted by Crippen LogP contribution is -1.99. The zero-order valence-corrected chi connectivity index (χ0v) is 8.78. The van der Waals surface area contributed by atoms with Crippen LogP contribution < -0.4 is 0 Å². The molecule has 3 heterocycles. The molecule has 0 unspecified atom stereocenters. The summed E-state index contributed by atoms with van der Waals surface area (Å²) in [5.41, 5.74) is 1.85. The minimum absolute atomic E-state index is 0.542.